The summed E-state index contributed by atoms with van der Waals surface area (Å²) in [4.78, 5) is 28.4. The highest BCUT2D eigenvalue weighted by Crippen LogP contribution is 2.31. The number of halogens is 1. The van der Waals surface area contributed by atoms with Crippen LogP contribution in [-0.2, 0) is 16.0 Å². The minimum atomic E-state index is -0.722. The van der Waals surface area contributed by atoms with Crippen LogP contribution >= 0.6 is 0 Å². The number of amides is 1. The highest BCUT2D eigenvalue weighted by Gasteiger charge is 2.42. The maximum Gasteiger partial charge on any atom is 0.309 e. The number of allylic oxidation sites excluding steroid dienone is 4. The zero-order valence-electron chi connectivity index (χ0n) is 19.4. The van der Waals surface area contributed by atoms with Gasteiger partial charge in [-0.3, -0.25) is 14.6 Å². The lowest BCUT2D eigenvalue weighted by atomic mass is 9.88. The molecular weight excluding hydrogens is 411 g/mol. The number of hydrogen-bond donors (Lipinski definition) is 2. The summed E-state index contributed by atoms with van der Waals surface area (Å²) in [6, 6.07) is 2.00. The van der Waals surface area contributed by atoms with E-state index < -0.39 is 17.3 Å². The maximum absolute atomic E-state index is 13.0. The molecule has 3 rings (SSSR count). The van der Waals surface area contributed by atoms with E-state index in [2.05, 4.69) is 4.98 Å². The predicted octanol–water partition coefficient (Wildman–Crippen LogP) is 3.12. The molecule has 1 saturated heterocycles. The summed E-state index contributed by atoms with van der Waals surface area (Å²) in [5.41, 5.74) is 0.486. The summed E-state index contributed by atoms with van der Waals surface area (Å²) < 4.78 is 13.0. The number of aliphatic hydroxyl groups excluding tert-OH is 1. The van der Waals surface area contributed by atoms with Crippen LogP contribution in [0.3, 0.4) is 0 Å². The second-order valence-electron chi connectivity index (χ2n) is 8.85. The van der Waals surface area contributed by atoms with Gasteiger partial charge in [0.1, 0.15) is 22.9 Å². The number of aromatic nitrogens is 1. The summed E-state index contributed by atoms with van der Waals surface area (Å²) in [6.45, 7) is 7.58. The van der Waals surface area contributed by atoms with Crippen molar-refractivity contribution in [3.8, 4) is 0 Å². The van der Waals surface area contributed by atoms with Gasteiger partial charge < -0.3 is 15.1 Å². The lowest BCUT2D eigenvalue weighted by Gasteiger charge is -2.16. The van der Waals surface area contributed by atoms with E-state index in [-0.39, 0.29) is 23.4 Å². The van der Waals surface area contributed by atoms with Crippen molar-refractivity contribution in [2.24, 2.45) is 17.3 Å². The summed E-state index contributed by atoms with van der Waals surface area (Å²) in [5, 5.41) is 20.3. The van der Waals surface area contributed by atoms with Crippen LogP contribution < -0.4 is 10.6 Å². The zero-order chi connectivity index (χ0) is 24.1. The molecular formula is C25H33FN2O4. The molecule has 1 aliphatic carbocycles. The third-order valence-corrected chi connectivity index (χ3v) is 6.08. The van der Waals surface area contributed by atoms with Crippen LogP contribution in [-0.4, -0.2) is 45.6 Å². The molecule has 6 nitrogen and oxygen atoms in total. The molecule has 0 bridgehead atoms. The fraction of sp³-hybridized carbons (Fsp3) is 0.480. The quantitative estimate of drug-likeness (QED) is 0.658. The van der Waals surface area contributed by atoms with Gasteiger partial charge in [0.25, 0.3) is 0 Å². The number of aryl methyl sites for hydroxylation is 1. The molecule has 32 heavy (non-hydrogen) atoms. The fourth-order valence-corrected chi connectivity index (χ4v) is 3.48. The van der Waals surface area contributed by atoms with Crippen molar-refractivity contribution < 1.29 is 24.2 Å². The largest absolute Gasteiger partial charge is 0.509 e. The molecule has 2 N–H and O–H groups in total. The third-order valence-electron chi connectivity index (χ3n) is 6.08. The van der Waals surface area contributed by atoms with Crippen LogP contribution in [0, 0.1) is 17.3 Å². The molecule has 2 aliphatic rings. The van der Waals surface area contributed by atoms with Gasteiger partial charge in [-0.2, -0.15) is 0 Å². The van der Waals surface area contributed by atoms with Crippen molar-refractivity contribution in [1.82, 2.24) is 9.88 Å². The van der Waals surface area contributed by atoms with Gasteiger partial charge in [-0.15, -0.1) is 0 Å². The summed E-state index contributed by atoms with van der Waals surface area (Å²) in [7, 11) is 1.75. The van der Waals surface area contributed by atoms with Crippen molar-refractivity contribution in [2.45, 2.75) is 47.0 Å². The van der Waals surface area contributed by atoms with Crippen molar-refractivity contribution in [3.05, 3.63) is 52.4 Å². The van der Waals surface area contributed by atoms with E-state index in [1.54, 1.807) is 45.0 Å². The first-order valence-corrected chi connectivity index (χ1v) is 10.9. The van der Waals surface area contributed by atoms with E-state index in [1.165, 1.54) is 12.2 Å². The molecule has 2 unspecified atom stereocenters. The second-order valence-corrected chi connectivity index (χ2v) is 8.85. The lowest BCUT2D eigenvalue weighted by molar-refractivity contribution is -0.147. The van der Waals surface area contributed by atoms with Gasteiger partial charge >= 0.3 is 5.97 Å². The normalized spacial score (nSPS) is 20.4. The molecule has 1 aliphatic heterocycles. The highest BCUT2D eigenvalue weighted by molar-refractivity contribution is 5.90. The first-order chi connectivity index (χ1) is 15.0. The van der Waals surface area contributed by atoms with Crippen LogP contribution in [0.15, 0.2) is 36.3 Å². The molecule has 1 aromatic heterocycles. The number of rotatable bonds is 6. The topological polar surface area (TPSA) is 90.7 Å². The van der Waals surface area contributed by atoms with Crippen molar-refractivity contribution in [2.75, 3.05) is 13.6 Å². The van der Waals surface area contributed by atoms with Gasteiger partial charge in [0, 0.05) is 30.9 Å². The first-order valence-electron chi connectivity index (χ1n) is 10.9. The molecule has 0 radical (unpaired) electrons. The Morgan fingerprint density at radius 2 is 2.09 bits per heavy atom. The van der Waals surface area contributed by atoms with E-state index in [9.17, 15) is 19.1 Å². The molecule has 174 valence electrons. The van der Waals surface area contributed by atoms with E-state index >= 15 is 0 Å². The Balaban J connectivity index is 0.000000390. The monoisotopic (exact) mass is 444 g/mol. The van der Waals surface area contributed by atoms with Crippen molar-refractivity contribution in [1.29, 1.82) is 0 Å². The van der Waals surface area contributed by atoms with Crippen molar-refractivity contribution >= 4 is 23.7 Å². The van der Waals surface area contributed by atoms with Crippen LogP contribution in [0.1, 0.15) is 46.1 Å². The van der Waals surface area contributed by atoms with Gasteiger partial charge in [-0.05, 0) is 57.7 Å². The van der Waals surface area contributed by atoms with E-state index in [4.69, 9.17) is 5.11 Å². The molecule has 1 amide bonds. The second kappa shape index (κ2) is 10.6. The number of pyridine rings is 1. The molecule has 1 aromatic rings. The Bertz CT molecular complexity index is 1040. The van der Waals surface area contributed by atoms with Gasteiger partial charge in [0.2, 0.25) is 5.91 Å². The maximum atomic E-state index is 13.0. The number of fused-ring (bicyclic) bond motifs is 2. The standard InChI is InChI=1S/C19H21FN2O2.C6H12O2/c1-3-15(20)7-5-4-6-12-8-13-9-14-11-22(2)19(24)16(14)18(23)17(13)21-10-12;1-4-6(2,3)5(7)8/h3,5,7-10,14,16,23H,4,6,11H2,1-2H3;4H2,1-3H3,(H,7,8)/b7-5-,15-3+;. The number of aliphatic carboxylic acids is 1. The Morgan fingerprint density at radius 1 is 1.41 bits per heavy atom. The molecule has 1 fully saturated rings. The number of carboxylic acids is 1. The minimum Gasteiger partial charge on any atom is -0.509 e. The van der Waals surface area contributed by atoms with Gasteiger partial charge in [0.05, 0.1) is 5.41 Å². The smallest absolute Gasteiger partial charge is 0.309 e. The molecule has 7 heteroatoms. The Hall–Kier alpha value is -2.96. The zero-order valence-corrected chi connectivity index (χ0v) is 19.4. The summed E-state index contributed by atoms with van der Waals surface area (Å²) in [5.74, 6) is -1.44. The van der Waals surface area contributed by atoms with Gasteiger partial charge in [-0.25, -0.2) is 4.39 Å². The van der Waals surface area contributed by atoms with Crippen LogP contribution in [0.4, 0.5) is 4.39 Å². The Labute approximate surface area is 188 Å². The van der Waals surface area contributed by atoms with Crippen LogP contribution in [0.2, 0.25) is 0 Å². The van der Waals surface area contributed by atoms with Crippen molar-refractivity contribution in [3.63, 3.8) is 0 Å². The van der Waals surface area contributed by atoms with E-state index in [0.717, 1.165) is 17.2 Å². The molecule has 0 saturated carbocycles. The number of likely N-dealkylation sites (tertiary alicyclic amines) is 1. The van der Waals surface area contributed by atoms with E-state index in [1.807, 2.05) is 19.1 Å². The molecule has 0 spiro atoms. The molecule has 2 heterocycles. The average Bonchev–Trinajstić information content (AvgIpc) is 3.04. The van der Waals surface area contributed by atoms with E-state index in [0.29, 0.717) is 24.7 Å². The minimum absolute atomic E-state index is 0.00395. The number of aliphatic hydroxyl groups is 1. The summed E-state index contributed by atoms with van der Waals surface area (Å²) >= 11 is 0. The predicted molar refractivity (Wildman–Crippen MR) is 123 cm³/mol. The number of hydrogen-bond acceptors (Lipinski definition) is 4. The summed E-state index contributed by atoms with van der Waals surface area (Å²) in [6.07, 6.45) is 10.6. The highest BCUT2D eigenvalue weighted by atomic mass is 19.1. The Kier molecular flexibility index (Phi) is 8.36. The number of carboxylic acid groups (broad SMARTS) is 1. The van der Waals surface area contributed by atoms with Crippen LogP contribution in [0.5, 0.6) is 0 Å². The average molecular weight is 445 g/mol. The third kappa shape index (κ3) is 5.84. The number of carbonyl (C=O) groups excluding carboxylic acids is 1. The Morgan fingerprint density at radius 3 is 2.66 bits per heavy atom. The number of nitrogens with zero attached hydrogens (tertiary/aromatic N) is 2. The first kappa shape index (κ1) is 25.3. The lowest BCUT2D eigenvalue weighted by Crippen LogP contribution is -2.40. The van der Waals surface area contributed by atoms with Gasteiger partial charge in [0.15, 0.2) is 0 Å². The van der Waals surface area contributed by atoms with Crippen LogP contribution in [0.25, 0.3) is 11.8 Å². The number of carbonyl (C=O) groups is 2. The fourth-order valence-electron chi connectivity index (χ4n) is 3.48. The molecule has 2 atom stereocenters. The molecule has 0 aromatic carbocycles. The van der Waals surface area contributed by atoms with Gasteiger partial charge in [-0.1, -0.05) is 25.2 Å². The SMILES string of the molecule is C/C=C(F)\C=C/CCc1cnc2c(c1)=CC1CN(C)C(=O)C1C=2O.CCC(C)(C)C(=O)O.